The minimum Gasteiger partial charge on any atom is -0.385 e. The third-order valence-electron chi connectivity index (χ3n) is 4.60. The summed E-state index contributed by atoms with van der Waals surface area (Å²) in [6, 6.07) is -0.164. The topological polar surface area (TPSA) is 67.9 Å². The molecule has 1 spiro atoms. The van der Waals surface area contributed by atoms with Gasteiger partial charge >= 0.3 is 6.03 Å². The molecule has 2 unspecified atom stereocenters. The zero-order valence-electron chi connectivity index (χ0n) is 10.9. The molecule has 0 bridgehead atoms. The van der Waals surface area contributed by atoms with Crippen LogP contribution in [0.25, 0.3) is 0 Å². The Morgan fingerprint density at radius 3 is 2.89 bits per heavy atom. The summed E-state index contributed by atoms with van der Waals surface area (Å²) >= 11 is 0. The van der Waals surface area contributed by atoms with E-state index in [1.807, 2.05) is 4.90 Å². The Balaban J connectivity index is 1.92. The Bertz CT molecular complexity index is 392. The molecule has 1 aliphatic heterocycles. The van der Waals surface area contributed by atoms with E-state index >= 15 is 0 Å². The minimum atomic E-state index is -0.452. The molecule has 0 aromatic heterocycles. The number of rotatable bonds is 3. The van der Waals surface area contributed by atoms with Gasteiger partial charge in [-0.1, -0.05) is 12.8 Å². The van der Waals surface area contributed by atoms with Crippen LogP contribution in [0.5, 0.6) is 0 Å². The predicted octanol–water partition coefficient (Wildman–Crippen LogP) is 1.52. The monoisotopic (exact) mass is 251 g/mol. The van der Waals surface area contributed by atoms with Gasteiger partial charge in [-0.3, -0.25) is 0 Å². The SMILES string of the molecule is COC1CCCCC12C(N)=NC(=O)N2CC1CC1. The quantitative estimate of drug-likeness (QED) is 0.826. The normalized spacial score (nSPS) is 36.3. The molecule has 0 aromatic rings. The smallest absolute Gasteiger partial charge is 0.346 e. The molecule has 3 aliphatic rings. The highest BCUT2D eigenvalue weighted by Gasteiger charge is 2.55. The highest BCUT2D eigenvalue weighted by Crippen LogP contribution is 2.42. The molecule has 2 N–H and O–H groups in total. The van der Waals surface area contributed by atoms with E-state index in [4.69, 9.17) is 10.5 Å². The summed E-state index contributed by atoms with van der Waals surface area (Å²) in [7, 11) is 1.71. The van der Waals surface area contributed by atoms with Crippen molar-refractivity contribution >= 4 is 11.9 Å². The van der Waals surface area contributed by atoms with E-state index in [1.165, 1.54) is 12.8 Å². The molecule has 2 atom stereocenters. The number of methoxy groups -OCH3 is 1. The van der Waals surface area contributed by atoms with Gasteiger partial charge in [0.25, 0.3) is 0 Å². The van der Waals surface area contributed by atoms with Gasteiger partial charge in [0.2, 0.25) is 0 Å². The van der Waals surface area contributed by atoms with E-state index in [9.17, 15) is 4.79 Å². The third-order valence-corrected chi connectivity index (χ3v) is 4.60. The van der Waals surface area contributed by atoms with Crippen LogP contribution in [0.3, 0.4) is 0 Å². The summed E-state index contributed by atoms with van der Waals surface area (Å²) < 4.78 is 5.63. The highest BCUT2D eigenvalue weighted by atomic mass is 16.5. The van der Waals surface area contributed by atoms with Crippen LogP contribution in [0.1, 0.15) is 38.5 Å². The van der Waals surface area contributed by atoms with Gasteiger partial charge in [0.05, 0.1) is 6.10 Å². The summed E-state index contributed by atoms with van der Waals surface area (Å²) in [6.45, 7) is 0.795. The Hall–Kier alpha value is -1.10. The van der Waals surface area contributed by atoms with E-state index in [2.05, 4.69) is 4.99 Å². The van der Waals surface area contributed by atoms with Gasteiger partial charge in [0.1, 0.15) is 11.4 Å². The first-order chi connectivity index (χ1) is 8.68. The number of aliphatic imine (C=N–C) groups is 1. The molecule has 5 nitrogen and oxygen atoms in total. The van der Waals surface area contributed by atoms with Crippen molar-refractivity contribution in [3.8, 4) is 0 Å². The zero-order chi connectivity index (χ0) is 12.8. The van der Waals surface area contributed by atoms with Crippen LogP contribution in [0.15, 0.2) is 4.99 Å². The van der Waals surface area contributed by atoms with Gasteiger partial charge < -0.3 is 15.4 Å². The molecular formula is C13H21N3O2. The van der Waals surface area contributed by atoms with Crippen molar-refractivity contribution in [1.29, 1.82) is 0 Å². The molecule has 3 rings (SSSR count). The summed E-state index contributed by atoms with van der Waals surface area (Å²) in [4.78, 5) is 18.0. The lowest BCUT2D eigenvalue weighted by Crippen LogP contribution is -2.63. The number of carbonyl (C=O) groups is 1. The number of carbonyl (C=O) groups excluding carboxylic acids is 1. The van der Waals surface area contributed by atoms with Crippen molar-refractivity contribution < 1.29 is 9.53 Å². The second-order valence-corrected chi connectivity index (χ2v) is 5.73. The second-order valence-electron chi connectivity index (χ2n) is 5.73. The number of amides is 2. The maximum Gasteiger partial charge on any atom is 0.346 e. The maximum atomic E-state index is 12.1. The third kappa shape index (κ3) is 1.64. The lowest BCUT2D eigenvalue weighted by molar-refractivity contribution is -0.0219. The van der Waals surface area contributed by atoms with Crippen LogP contribution in [0.2, 0.25) is 0 Å². The first kappa shape index (κ1) is 12.0. The van der Waals surface area contributed by atoms with Crippen molar-refractivity contribution in [1.82, 2.24) is 4.90 Å². The molecule has 0 aromatic carbocycles. The number of hydrogen-bond donors (Lipinski definition) is 1. The molecule has 0 saturated heterocycles. The number of amidine groups is 1. The molecular weight excluding hydrogens is 230 g/mol. The molecule has 18 heavy (non-hydrogen) atoms. The van der Waals surface area contributed by atoms with E-state index in [0.717, 1.165) is 32.2 Å². The van der Waals surface area contributed by atoms with Crippen LogP contribution >= 0.6 is 0 Å². The average molecular weight is 251 g/mol. The van der Waals surface area contributed by atoms with Crippen molar-refractivity contribution in [3.63, 3.8) is 0 Å². The number of nitrogens with two attached hydrogens (primary N) is 1. The number of hydrogen-bond acceptors (Lipinski definition) is 3. The van der Waals surface area contributed by atoms with Crippen LogP contribution in [-0.4, -0.2) is 42.1 Å². The first-order valence-electron chi connectivity index (χ1n) is 6.87. The lowest BCUT2D eigenvalue weighted by atomic mass is 9.77. The van der Waals surface area contributed by atoms with Gasteiger partial charge in [0.15, 0.2) is 0 Å². The number of ether oxygens (including phenoxy) is 1. The van der Waals surface area contributed by atoms with Crippen LogP contribution in [0, 0.1) is 5.92 Å². The van der Waals surface area contributed by atoms with Crippen molar-refractivity contribution in [2.75, 3.05) is 13.7 Å². The van der Waals surface area contributed by atoms with Crippen molar-refractivity contribution in [3.05, 3.63) is 0 Å². The Kier molecular flexibility index (Phi) is 2.81. The standard InChI is InChI=1S/C13H21N3O2/c1-18-10-4-2-3-7-13(10)11(14)15-12(17)16(13)8-9-5-6-9/h9-10H,2-8H2,1H3,(H2,14,15,17). The molecule has 2 fully saturated rings. The Morgan fingerprint density at radius 1 is 1.44 bits per heavy atom. The zero-order valence-corrected chi connectivity index (χ0v) is 10.9. The fraction of sp³-hybridized carbons (Fsp3) is 0.846. The average Bonchev–Trinajstić information content (AvgIpc) is 3.15. The lowest BCUT2D eigenvalue weighted by Gasteiger charge is -2.46. The van der Waals surface area contributed by atoms with Gasteiger partial charge in [-0.25, -0.2) is 4.79 Å². The van der Waals surface area contributed by atoms with Gasteiger partial charge in [-0.05, 0) is 31.6 Å². The van der Waals surface area contributed by atoms with Gasteiger partial charge in [0, 0.05) is 13.7 Å². The molecule has 2 amide bonds. The maximum absolute atomic E-state index is 12.1. The van der Waals surface area contributed by atoms with Gasteiger partial charge in [-0.15, -0.1) is 0 Å². The fourth-order valence-corrected chi connectivity index (χ4v) is 3.41. The van der Waals surface area contributed by atoms with Crippen LogP contribution in [-0.2, 0) is 4.74 Å². The molecule has 2 saturated carbocycles. The molecule has 5 heteroatoms. The van der Waals surface area contributed by atoms with E-state index in [1.54, 1.807) is 7.11 Å². The second kappa shape index (κ2) is 4.23. The summed E-state index contributed by atoms with van der Waals surface area (Å²) in [5.74, 6) is 1.12. The van der Waals surface area contributed by atoms with E-state index in [0.29, 0.717) is 11.8 Å². The largest absolute Gasteiger partial charge is 0.385 e. The van der Waals surface area contributed by atoms with Crippen molar-refractivity contribution in [2.45, 2.75) is 50.2 Å². The van der Waals surface area contributed by atoms with Crippen LogP contribution < -0.4 is 5.73 Å². The predicted molar refractivity (Wildman–Crippen MR) is 68.4 cm³/mol. The van der Waals surface area contributed by atoms with Crippen LogP contribution in [0.4, 0.5) is 4.79 Å². The molecule has 100 valence electrons. The molecule has 2 aliphatic carbocycles. The molecule has 0 radical (unpaired) electrons. The summed E-state index contributed by atoms with van der Waals surface area (Å²) in [6.07, 6.45) is 6.51. The number of nitrogens with zero attached hydrogens (tertiary/aromatic N) is 2. The minimum absolute atomic E-state index is 0.000185. The number of urea groups is 1. The first-order valence-corrected chi connectivity index (χ1v) is 6.87. The fourth-order valence-electron chi connectivity index (χ4n) is 3.41. The van der Waals surface area contributed by atoms with Crippen molar-refractivity contribution in [2.24, 2.45) is 16.6 Å². The summed E-state index contributed by atoms with van der Waals surface area (Å²) in [5.41, 5.74) is 5.64. The Morgan fingerprint density at radius 2 is 2.22 bits per heavy atom. The highest BCUT2D eigenvalue weighted by molar-refractivity contribution is 6.06. The van der Waals surface area contributed by atoms with Gasteiger partial charge in [-0.2, -0.15) is 4.99 Å². The Labute approximate surface area is 107 Å². The molecule has 1 heterocycles. The van der Waals surface area contributed by atoms with E-state index in [-0.39, 0.29) is 12.1 Å². The summed E-state index contributed by atoms with van der Waals surface area (Å²) in [5, 5.41) is 0. The van der Waals surface area contributed by atoms with E-state index < -0.39 is 5.54 Å².